The molecule has 0 saturated heterocycles. The Balaban J connectivity index is 1.49. The first-order chi connectivity index (χ1) is 12.1. The van der Waals surface area contributed by atoms with Crippen molar-refractivity contribution in [3.63, 3.8) is 0 Å². The van der Waals surface area contributed by atoms with Gasteiger partial charge in [0.05, 0.1) is 16.3 Å². The Kier molecular flexibility index (Phi) is 5.94. The molecule has 2 aromatic rings. The first-order valence-corrected chi connectivity index (χ1v) is 9.52. The number of thioether (sulfide) groups is 1. The summed E-state index contributed by atoms with van der Waals surface area (Å²) in [6.45, 7) is 0. The van der Waals surface area contributed by atoms with Crippen LogP contribution in [-0.4, -0.2) is 28.6 Å². The van der Waals surface area contributed by atoms with Gasteiger partial charge in [-0.25, -0.2) is 0 Å². The molecule has 7 heteroatoms. The van der Waals surface area contributed by atoms with Gasteiger partial charge in [0.15, 0.2) is 0 Å². The van der Waals surface area contributed by atoms with E-state index in [9.17, 15) is 9.59 Å². The SMILES string of the molecule is O=C(CSCc1cccnc1)Nc1ccc(C(=O)NC2CC2)c(Cl)c1. The molecule has 0 bridgehead atoms. The van der Waals surface area contributed by atoms with Gasteiger partial charge in [-0.05, 0) is 42.7 Å². The summed E-state index contributed by atoms with van der Waals surface area (Å²) in [6, 6.07) is 9.06. The number of rotatable bonds is 7. The summed E-state index contributed by atoms with van der Waals surface area (Å²) in [6.07, 6.45) is 5.55. The van der Waals surface area contributed by atoms with Crippen molar-refractivity contribution >= 4 is 40.9 Å². The van der Waals surface area contributed by atoms with Gasteiger partial charge in [0.2, 0.25) is 5.91 Å². The van der Waals surface area contributed by atoms with E-state index in [1.165, 1.54) is 11.8 Å². The highest BCUT2D eigenvalue weighted by Crippen LogP contribution is 2.24. The number of aromatic nitrogens is 1. The lowest BCUT2D eigenvalue weighted by atomic mass is 10.2. The van der Waals surface area contributed by atoms with Crippen LogP contribution in [0.25, 0.3) is 0 Å². The van der Waals surface area contributed by atoms with E-state index in [-0.39, 0.29) is 17.9 Å². The van der Waals surface area contributed by atoms with Crippen LogP contribution in [0.4, 0.5) is 5.69 Å². The molecule has 130 valence electrons. The van der Waals surface area contributed by atoms with Crippen molar-refractivity contribution in [3.8, 4) is 0 Å². The molecule has 0 atom stereocenters. The third kappa shape index (κ3) is 5.47. The summed E-state index contributed by atoms with van der Waals surface area (Å²) < 4.78 is 0. The summed E-state index contributed by atoms with van der Waals surface area (Å²) >= 11 is 7.68. The maximum absolute atomic E-state index is 12.0. The standard InChI is InChI=1S/C18H18ClN3O2S/c19-16-8-14(5-6-15(16)18(24)22-13-3-4-13)21-17(23)11-25-10-12-2-1-7-20-9-12/h1-2,5-9,13H,3-4,10-11H2,(H,21,23)(H,22,24). The summed E-state index contributed by atoms with van der Waals surface area (Å²) in [7, 11) is 0. The van der Waals surface area contributed by atoms with Gasteiger partial charge in [-0.1, -0.05) is 17.7 Å². The molecule has 25 heavy (non-hydrogen) atoms. The van der Waals surface area contributed by atoms with E-state index in [0.29, 0.717) is 22.0 Å². The van der Waals surface area contributed by atoms with Gasteiger partial charge in [0.1, 0.15) is 0 Å². The van der Waals surface area contributed by atoms with Crippen molar-refractivity contribution in [3.05, 3.63) is 58.9 Å². The van der Waals surface area contributed by atoms with E-state index in [4.69, 9.17) is 11.6 Å². The monoisotopic (exact) mass is 375 g/mol. The number of nitrogens with one attached hydrogen (secondary N) is 2. The highest BCUT2D eigenvalue weighted by atomic mass is 35.5. The van der Waals surface area contributed by atoms with Crippen LogP contribution in [0.5, 0.6) is 0 Å². The van der Waals surface area contributed by atoms with Crippen LogP contribution < -0.4 is 10.6 Å². The third-order valence-corrected chi connectivity index (χ3v) is 4.95. The van der Waals surface area contributed by atoms with Gasteiger partial charge in [-0.2, -0.15) is 0 Å². The number of nitrogens with zero attached hydrogens (tertiary/aromatic N) is 1. The van der Waals surface area contributed by atoms with Gasteiger partial charge < -0.3 is 10.6 Å². The van der Waals surface area contributed by atoms with Crippen LogP contribution >= 0.6 is 23.4 Å². The Labute approximate surface area is 155 Å². The minimum Gasteiger partial charge on any atom is -0.349 e. The van der Waals surface area contributed by atoms with Crippen LogP contribution in [0.2, 0.25) is 5.02 Å². The molecular formula is C18H18ClN3O2S. The molecule has 0 spiro atoms. The molecule has 2 N–H and O–H groups in total. The second kappa shape index (κ2) is 8.36. The van der Waals surface area contributed by atoms with E-state index in [0.717, 1.165) is 24.2 Å². The molecule has 2 amide bonds. The number of benzene rings is 1. The first-order valence-electron chi connectivity index (χ1n) is 7.99. The number of carbonyl (C=O) groups is 2. The molecule has 1 fully saturated rings. The molecule has 5 nitrogen and oxygen atoms in total. The van der Waals surface area contributed by atoms with E-state index >= 15 is 0 Å². The summed E-state index contributed by atoms with van der Waals surface area (Å²) in [4.78, 5) is 28.1. The van der Waals surface area contributed by atoms with Crippen molar-refractivity contribution in [1.29, 1.82) is 0 Å². The Morgan fingerprint density at radius 1 is 1.28 bits per heavy atom. The quantitative estimate of drug-likeness (QED) is 0.777. The van der Waals surface area contributed by atoms with Gasteiger partial charge in [-0.3, -0.25) is 14.6 Å². The first kappa shape index (κ1) is 17.8. The number of amides is 2. The molecule has 0 aliphatic heterocycles. The van der Waals surface area contributed by atoms with Crippen LogP contribution in [0.3, 0.4) is 0 Å². The van der Waals surface area contributed by atoms with Gasteiger partial charge in [0, 0.05) is 29.9 Å². The van der Waals surface area contributed by atoms with Crippen molar-refractivity contribution in [2.75, 3.05) is 11.1 Å². The van der Waals surface area contributed by atoms with E-state index < -0.39 is 0 Å². The predicted molar refractivity (Wildman–Crippen MR) is 101 cm³/mol. The van der Waals surface area contributed by atoms with Crippen molar-refractivity contribution in [2.24, 2.45) is 0 Å². The second-order valence-electron chi connectivity index (χ2n) is 5.84. The van der Waals surface area contributed by atoms with E-state index in [2.05, 4.69) is 15.6 Å². The zero-order chi connectivity index (χ0) is 17.6. The van der Waals surface area contributed by atoms with Crippen LogP contribution in [0, 0.1) is 0 Å². The van der Waals surface area contributed by atoms with Crippen molar-refractivity contribution in [2.45, 2.75) is 24.6 Å². The molecule has 1 aliphatic rings. The Morgan fingerprint density at radius 2 is 2.12 bits per heavy atom. The topological polar surface area (TPSA) is 71.1 Å². The fourth-order valence-electron chi connectivity index (χ4n) is 2.21. The molecule has 1 aromatic heterocycles. The van der Waals surface area contributed by atoms with Gasteiger partial charge in [0.25, 0.3) is 5.91 Å². The molecule has 1 aromatic carbocycles. The Morgan fingerprint density at radius 3 is 2.80 bits per heavy atom. The van der Waals surface area contributed by atoms with Crippen LogP contribution in [-0.2, 0) is 10.5 Å². The lowest BCUT2D eigenvalue weighted by Crippen LogP contribution is -2.25. The van der Waals surface area contributed by atoms with E-state index in [1.807, 2.05) is 12.1 Å². The fourth-order valence-corrected chi connectivity index (χ4v) is 3.24. The average Bonchev–Trinajstić information content (AvgIpc) is 3.40. The van der Waals surface area contributed by atoms with Crippen LogP contribution in [0.1, 0.15) is 28.8 Å². The van der Waals surface area contributed by atoms with Crippen molar-refractivity contribution < 1.29 is 9.59 Å². The zero-order valence-electron chi connectivity index (χ0n) is 13.5. The number of carbonyl (C=O) groups excluding carboxylic acids is 2. The number of pyridine rings is 1. The minimum atomic E-state index is -0.169. The van der Waals surface area contributed by atoms with Gasteiger partial charge >= 0.3 is 0 Å². The van der Waals surface area contributed by atoms with E-state index in [1.54, 1.807) is 30.6 Å². The fraction of sp³-hybridized carbons (Fsp3) is 0.278. The highest BCUT2D eigenvalue weighted by Gasteiger charge is 2.24. The molecule has 1 heterocycles. The molecule has 0 radical (unpaired) electrons. The maximum Gasteiger partial charge on any atom is 0.253 e. The maximum atomic E-state index is 12.0. The molecule has 3 rings (SSSR count). The smallest absolute Gasteiger partial charge is 0.253 e. The minimum absolute atomic E-state index is 0.111. The van der Waals surface area contributed by atoms with Crippen LogP contribution in [0.15, 0.2) is 42.7 Å². The molecule has 1 saturated carbocycles. The molecule has 0 unspecified atom stereocenters. The predicted octanol–water partition coefficient (Wildman–Crippen LogP) is 3.50. The lowest BCUT2D eigenvalue weighted by molar-refractivity contribution is -0.113. The molecule has 1 aliphatic carbocycles. The summed E-state index contributed by atoms with van der Waals surface area (Å²) in [5, 5.41) is 6.02. The summed E-state index contributed by atoms with van der Waals surface area (Å²) in [5.74, 6) is 0.774. The molecular weight excluding hydrogens is 358 g/mol. The third-order valence-electron chi connectivity index (χ3n) is 3.63. The normalized spacial score (nSPS) is 13.3. The zero-order valence-corrected chi connectivity index (χ0v) is 15.1. The Bertz CT molecular complexity index is 766. The van der Waals surface area contributed by atoms with Gasteiger partial charge in [-0.15, -0.1) is 11.8 Å². The van der Waals surface area contributed by atoms with Crippen molar-refractivity contribution in [1.82, 2.24) is 10.3 Å². The highest BCUT2D eigenvalue weighted by molar-refractivity contribution is 7.99. The lowest BCUT2D eigenvalue weighted by Gasteiger charge is -2.09. The average molecular weight is 376 g/mol. The Hall–Kier alpha value is -2.05. The number of halogens is 1. The summed E-state index contributed by atoms with van der Waals surface area (Å²) in [5.41, 5.74) is 2.09. The largest absolute Gasteiger partial charge is 0.349 e. The number of hydrogen-bond donors (Lipinski definition) is 2. The number of anilines is 1. The number of hydrogen-bond acceptors (Lipinski definition) is 4. The second-order valence-corrected chi connectivity index (χ2v) is 7.24.